The van der Waals surface area contributed by atoms with Crippen LogP contribution in [0, 0.1) is 0 Å². The van der Waals surface area contributed by atoms with Crippen molar-refractivity contribution in [2.45, 2.75) is 38.4 Å². The molecule has 6 nitrogen and oxygen atoms in total. The van der Waals surface area contributed by atoms with Crippen LogP contribution in [-0.4, -0.2) is 45.9 Å². The van der Waals surface area contributed by atoms with E-state index in [0.717, 1.165) is 35.9 Å². The average Bonchev–Trinajstić information content (AvgIpc) is 3.68. The van der Waals surface area contributed by atoms with Crippen molar-refractivity contribution in [2.24, 2.45) is 0 Å². The normalized spacial score (nSPS) is 12.9. The summed E-state index contributed by atoms with van der Waals surface area (Å²) in [5, 5.41) is 4.19. The Labute approximate surface area is 211 Å². The zero-order valence-electron chi connectivity index (χ0n) is 20.4. The molecule has 0 aliphatic heterocycles. The highest BCUT2D eigenvalue weighted by molar-refractivity contribution is 5.85. The number of nitrogens with zero attached hydrogens (tertiary/aromatic N) is 2. The molecular weight excluding hydrogens is 448 g/mol. The van der Waals surface area contributed by atoms with E-state index in [-0.39, 0.29) is 24.5 Å². The van der Waals surface area contributed by atoms with Crippen molar-refractivity contribution in [2.75, 3.05) is 13.1 Å². The molecule has 1 aliphatic rings. The molecule has 0 saturated heterocycles. The molecule has 0 atom stereocenters. The molecule has 1 aromatic heterocycles. The van der Waals surface area contributed by atoms with Gasteiger partial charge in [-0.2, -0.15) is 0 Å². The molecule has 0 bridgehead atoms. The van der Waals surface area contributed by atoms with Gasteiger partial charge in [-0.15, -0.1) is 0 Å². The molecule has 1 saturated carbocycles. The van der Waals surface area contributed by atoms with Crippen LogP contribution < -0.4 is 5.32 Å². The average molecular weight is 481 g/mol. The number of amides is 3. The fourth-order valence-electron chi connectivity index (χ4n) is 4.56. The molecule has 0 unspecified atom stereocenters. The van der Waals surface area contributed by atoms with Crippen LogP contribution in [-0.2, 0) is 24.3 Å². The van der Waals surface area contributed by atoms with E-state index in [9.17, 15) is 9.59 Å². The van der Waals surface area contributed by atoms with E-state index in [1.165, 1.54) is 10.9 Å². The van der Waals surface area contributed by atoms with E-state index in [0.29, 0.717) is 19.6 Å². The van der Waals surface area contributed by atoms with E-state index in [1.54, 1.807) is 4.90 Å². The van der Waals surface area contributed by atoms with Gasteiger partial charge < -0.3 is 20.1 Å². The van der Waals surface area contributed by atoms with Crippen molar-refractivity contribution in [1.82, 2.24) is 20.1 Å². The molecule has 3 amide bonds. The largest absolute Gasteiger partial charge is 0.361 e. The summed E-state index contributed by atoms with van der Waals surface area (Å²) in [5.74, 6) is -0.0274. The number of nitrogens with one attached hydrogen (secondary N) is 2. The summed E-state index contributed by atoms with van der Waals surface area (Å²) in [6.45, 7) is 1.64. The number of hydrogen-bond donors (Lipinski definition) is 2. The third-order valence-electron chi connectivity index (χ3n) is 6.74. The van der Waals surface area contributed by atoms with Crippen LogP contribution >= 0.6 is 0 Å². The Morgan fingerprint density at radius 2 is 1.53 bits per heavy atom. The summed E-state index contributed by atoms with van der Waals surface area (Å²) < 4.78 is 0. The molecule has 184 valence electrons. The number of urea groups is 1. The van der Waals surface area contributed by atoms with Gasteiger partial charge in [-0.05, 0) is 42.0 Å². The molecule has 3 aromatic carbocycles. The maximum Gasteiger partial charge on any atom is 0.318 e. The van der Waals surface area contributed by atoms with Crippen LogP contribution in [0.1, 0.15) is 29.5 Å². The zero-order chi connectivity index (χ0) is 24.7. The number of carbonyl (C=O) groups is 2. The number of hydrogen-bond acceptors (Lipinski definition) is 2. The summed E-state index contributed by atoms with van der Waals surface area (Å²) in [7, 11) is 0. The van der Waals surface area contributed by atoms with Crippen LogP contribution in [0.3, 0.4) is 0 Å². The second kappa shape index (κ2) is 11.1. The van der Waals surface area contributed by atoms with E-state index in [2.05, 4.69) is 22.4 Å². The van der Waals surface area contributed by atoms with Crippen LogP contribution in [0.15, 0.2) is 91.1 Å². The van der Waals surface area contributed by atoms with E-state index in [1.807, 2.05) is 83.9 Å². The van der Waals surface area contributed by atoms with Crippen LogP contribution in [0.25, 0.3) is 10.9 Å². The number of aromatic nitrogens is 1. The molecule has 6 heteroatoms. The highest BCUT2D eigenvalue weighted by Crippen LogP contribution is 2.27. The zero-order valence-corrected chi connectivity index (χ0v) is 20.4. The van der Waals surface area contributed by atoms with Crippen molar-refractivity contribution >= 4 is 22.8 Å². The van der Waals surface area contributed by atoms with Gasteiger partial charge in [-0.3, -0.25) is 4.79 Å². The quantitative estimate of drug-likeness (QED) is 0.331. The molecule has 1 fully saturated rings. The van der Waals surface area contributed by atoms with Gasteiger partial charge in [0.15, 0.2) is 0 Å². The predicted molar refractivity (Wildman–Crippen MR) is 142 cm³/mol. The molecule has 4 aromatic rings. The summed E-state index contributed by atoms with van der Waals surface area (Å²) in [4.78, 5) is 33.6. The monoisotopic (exact) mass is 480 g/mol. The number of H-pyrrole nitrogens is 1. The Bertz CT molecular complexity index is 1300. The Kier molecular flexibility index (Phi) is 7.31. The Morgan fingerprint density at radius 1 is 0.861 bits per heavy atom. The Balaban J connectivity index is 1.27. The maximum atomic E-state index is 13.6. The van der Waals surface area contributed by atoms with Gasteiger partial charge >= 0.3 is 6.03 Å². The molecule has 0 spiro atoms. The molecule has 2 N–H and O–H groups in total. The van der Waals surface area contributed by atoms with E-state index < -0.39 is 0 Å². The van der Waals surface area contributed by atoms with Gasteiger partial charge in [0, 0.05) is 42.8 Å². The maximum absolute atomic E-state index is 13.6. The number of aromatic amines is 1. The number of para-hydroxylation sites is 1. The summed E-state index contributed by atoms with van der Waals surface area (Å²) in [6.07, 6.45) is 4.66. The first kappa shape index (κ1) is 23.7. The van der Waals surface area contributed by atoms with Gasteiger partial charge in [0.05, 0.1) is 0 Å². The Morgan fingerprint density at radius 3 is 2.25 bits per heavy atom. The van der Waals surface area contributed by atoms with Crippen molar-refractivity contribution in [3.8, 4) is 0 Å². The lowest BCUT2D eigenvalue weighted by molar-refractivity contribution is -0.132. The molecule has 0 radical (unpaired) electrons. The SMILES string of the molecule is O=C(CN(C(=O)NCc1ccccc1)C1CC1)N(CCc1c[nH]c2ccccc12)Cc1ccccc1. The standard InChI is InChI=1S/C30H32N4O2/c35-29(22-34(26-15-16-26)30(36)32-19-23-9-3-1-4-10-23)33(21-24-11-5-2-6-12-24)18-17-25-20-31-28-14-8-7-13-27(25)28/h1-14,20,26,31H,15-19,21-22H2,(H,32,36). The van der Waals surface area contributed by atoms with E-state index in [4.69, 9.17) is 0 Å². The van der Waals surface area contributed by atoms with Crippen molar-refractivity contribution < 1.29 is 9.59 Å². The van der Waals surface area contributed by atoms with Gasteiger partial charge in [-0.1, -0.05) is 78.9 Å². The van der Waals surface area contributed by atoms with Crippen molar-refractivity contribution in [3.05, 3.63) is 108 Å². The fraction of sp³-hybridized carbons (Fsp3) is 0.267. The molecule has 1 heterocycles. The number of fused-ring (bicyclic) bond motifs is 1. The minimum atomic E-state index is -0.175. The topological polar surface area (TPSA) is 68.4 Å². The first-order valence-corrected chi connectivity index (χ1v) is 12.6. The van der Waals surface area contributed by atoms with Crippen molar-refractivity contribution in [3.63, 3.8) is 0 Å². The van der Waals surface area contributed by atoms with E-state index >= 15 is 0 Å². The third kappa shape index (κ3) is 5.95. The fourth-order valence-corrected chi connectivity index (χ4v) is 4.56. The first-order chi connectivity index (χ1) is 17.7. The van der Waals surface area contributed by atoms with Gasteiger partial charge in [0.2, 0.25) is 5.91 Å². The molecule has 36 heavy (non-hydrogen) atoms. The van der Waals surface area contributed by atoms with Gasteiger partial charge in [0.1, 0.15) is 6.54 Å². The number of carbonyl (C=O) groups excluding carboxylic acids is 2. The molecule has 1 aliphatic carbocycles. The van der Waals surface area contributed by atoms with Crippen LogP contribution in [0.2, 0.25) is 0 Å². The lowest BCUT2D eigenvalue weighted by Gasteiger charge is -2.28. The van der Waals surface area contributed by atoms with Crippen LogP contribution in [0.5, 0.6) is 0 Å². The summed E-state index contributed by atoms with van der Waals surface area (Å²) in [5.41, 5.74) is 4.41. The third-order valence-corrected chi connectivity index (χ3v) is 6.74. The first-order valence-electron chi connectivity index (χ1n) is 12.6. The van der Waals surface area contributed by atoms with Gasteiger partial charge in [0.25, 0.3) is 0 Å². The highest BCUT2D eigenvalue weighted by atomic mass is 16.2. The number of benzene rings is 3. The lowest BCUT2D eigenvalue weighted by Crippen LogP contribution is -2.47. The Hall–Kier alpha value is -4.06. The van der Waals surface area contributed by atoms with Crippen LogP contribution in [0.4, 0.5) is 4.79 Å². The second-order valence-corrected chi connectivity index (χ2v) is 9.41. The molecular formula is C30H32N4O2. The van der Waals surface area contributed by atoms with Crippen molar-refractivity contribution in [1.29, 1.82) is 0 Å². The summed E-state index contributed by atoms with van der Waals surface area (Å²) >= 11 is 0. The predicted octanol–water partition coefficient (Wildman–Crippen LogP) is 5.11. The minimum absolute atomic E-state index is 0.0274. The molecule has 5 rings (SSSR count). The smallest absolute Gasteiger partial charge is 0.318 e. The van der Waals surface area contributed by atoms with Gasteiger partial charge in [-0.25, -0.2) is 4.79 Å². The lowest BCUT2D eigenvalue weighted by atomic mass is 10.1. The highest BCUT2D eigenvalue weighted by Gasteiger charge is 2.34. The minimum Gasteiger partial charge on any atom is -0.361 e. The number of rotatable bonds is 10. The summed E-state index contributed by atoms with van der Waals surface area (Å²) in [6, 6.07) is 28.1. The second-order valence-electron chi connectivity index (χ2n) is 9.41.